The highest BCUT2D eigenvalue weighted by molar-refractivity contribution is 5.90. The maximum atomic E-state index is 13.5. The number of ether oxygens (including phenoxy) is 1. The van der Waals surface area contributed by atoms with E-state index in [0.717, 1.165) is 0 Å². The van der Waals surface area contributed by atoms with Crippen molar-refractivity contribution in [2.75, 3.05) is 7.11 Å². The molecule has 0 aliphatic carbocycles. The second-order valence-corrected chi connectivity index (χ2v) is 6.64. The number of carbonyl (C=O) groups excluding carboxylic acids is 3. The van der Waals surface area contributed by atoms with E-state index in [4.69, 9.17) is 4.74 Å². The van der Waals surface area contributed by atoms with Crippen molar-refractivity contribution in [3.8, 4) is 6.07 Å². The molecule has 2 aromatic rings. The van der Waals surface area contributed by atoms with Gasteiger partial charge in [0.05, 0.1) is 18.7 Å². The Morgan fingerprint density at radius 2 is 1.80 bits per heavy atom. The van der Waals surface area contributed by atoms with Crippen LogP contribution in [0, 0.1) is 17.1 Å². The highest BCUT2D eigenvalue weighted by Gasteiger charge is 2.28. The van der Waals surface area contributed by atoms with Gasteiger partial charge in [-0.15, -0.1) is 0 Å². The van der Waals surface area contributed by atoms with Crippen LogP contribution in [-0.2, 0) is 32.0 Å². The number of nitrogens with zero attached hydrogens (tertiary/aromatic N) is 1. The molecule has 0 unspecified atom stereocenters. The summed E-state index contributed by atoms with van der Waals surface area (Å²) >= 11 is 0. The maximum Gasteiger partial charge on any atom is 0.328 e. The Bertz CT molecular complexity index is 971. The molecule has 0 aliphatic heterocycles. The van der Waals surface area contributed by atoms with E-state index in [0.29, 0.717) is 16.7 Å². The smallest absolute Gasteiger partial charge is 0.328 e. The van der Waals surface area contributed by atoms with Crippen LogP contribution in [0.4, 0.5) is 4.39 Å². The third-order valence-electron chi connectivity index (χ3n) is 4.39. The van der Waals surface area contributed by atoms with Crippen LogP contribution in [-0.4, -0.2) is 37.0 Å². The first-order valence-corrected chi connectivity index (χ1v) is 9.21. The number of nitrogens with one attached hydrogen (secondary N) is 2. The number of amides is 2. The van der Waals surface area contributed by atoms with E-state index in [1.165, 1.54) is 32.2 Å². The van der Waals surface area contributed by atoms with E-state index in [-0.39, 0.29) is 12.8 Å². The van der Waals surface area contributed by atoms with Crippen molar-refractivity contribution in [1.29, 1.82) is 5.26 Å². The first-order valence-electron chi connectivity index (χ1n) is 9.21. The molecule has 2 N–H and O–H groups in total. The third-order valence-corrected chi connectivity index (χ3v) is 4.39. The molecular weight excluding hydrogens is 389 g/mol. The predicted octanol–water partition coefficient (Wildman–Crippen LogP) is 1.65. The monoisotopic (exact) mass is 411 g/mol. The molecule has 0 heterocycles. The van der Waals surface area contributed by atoms with Crippen molar-refractivity contribution in [3.05, 3.63) is 71.0 Å². The van der Waals surface area contributed by atoms with Gasteiger partial charge >= 0.3 is 5.97 Å². The van der Waals surface area contributed by atoms with Gasteiger partial charge in [0.1, 0.15) is 17.9 Å². The second kappa shape index (κ2) is 10.7. The van der Waals surface area contributed by atoms with Gasteiger partial charge < -0.3 is 15.4 Å². The van der Waals surface area contributed by atoms with Crippen molar-refractivity contribution in [2.24, 2.45) is 0 Å². The summed E-state index contributed by atoms with van der Waals surface area (Å²) in [6.45, 7) is 1.26. The lowest BCUT2D eigenvalue weighted by Crippen LogP contribution is -2.53. The van der Waals surface area contributed by atoms with Crippen LogP contribution >= 0.6 is 0 Å². The fraction of sp³-hybridized carbons (Fsp3) is 0.273. The molecule has 0 spiro atoms. The van der Waals surface area contributed by atoms with Gasteiger partial charge in [-0.05, 0) is 29.3 Å². The summed E-state index contributed by atoms with van der Waals surface area (Å²) in [4.78, 5) is 36.7. The molecule has 8 heteroatoms. The van der Waals surface area contributed by atoms with Crippen molar-refractivity contribution >= 4 is 17.8 Å². The van der Waals surface area contributed by atoms with Crippen LogP contribution in [0.25, 0.3) is 0 Å². The fourth-order valence-corrected chi connectivity index (χ4v) is 2.99. The summed E-state index contributed by atoms with van der Waals surface area (Å²) in [6, 6.07) is 12.3. The molecule has 0 fully saturated rings. The van der Waals surface area contributed by atoms with Crippen molar-refractivity contribution < 1.29 is 23.5 Å². The van der Waals surface area contributed by atoms with Gasteiger partial charge in [-0.2, -0.15) is 5.26 Å². The molecule has 0 saturated carbocycles. The van der Waals surface area contributed by atoms with Crippen molar-refractivity contribution in [2.45, 2.75) is 31.8 Å². The Hall–Kier alpha value is -3.73. The minimum Gasteiger partial charge on any atom is -0.467 e. The van der Waals surface area contributed by atoms with Crippen LogP contribution in [0.1, 0.15) is 23.6 Å². The van der Waals surface area contributed by atoms with E-state index < -0.39 is 35.7 Å². The SMILES string of the molecule is COC(=O)[C@H](Cc1ccccc1C#N)NC(=O)[C@H](Cc1cccc(F)c1)NC(C)=O. The average Bonchev–Trinajstić information content (AvgIpc) is 2.72. The number of esters is 1. The van der Waals surface area contributed by atoms with Crippen LogP contribution < -0.4 is 10.6 Å². The van der Waals surface area contributed by atoms with E-state index in [9.17, 15) is 24.0 Å². The largest absolute Gasteiger partial charge is 0.467 e. The highest BCUT2D eigenvalue weighted by Crippen LogP contribution is 2.12. The minimum atomic E-state index is -1.07. The fourth-order valence-electron chi connectivity index (χ4n) is 2.99. The third kappa shape index (κ3) is 6.41. The Morgan fingerprint density at radius 1 is 1.07 bits per heavy atom. The normalized spacial score (nSPS) is 12.2. The molecule has 0 saturated heterocycles. The molecule has 156 valence electrons. The maximum absolute atomic E-state index is 13.5. The van der Waals surface area contributed by atoms with Crippen LogP contribution in [0.15, 0.2) is 48.5 Å². The van der Waals surface area contributed by atoms with E-state index >= 15 is 0 Å². The molecule has 30 heavy (non-hydrogen) atoms. The van der Waals surface area contributed by atoms with Gasteiger partial charge in [0.2, 0.25) is 11.8 Å². The minimum absolute atomic E-state index is 0.0336. The molecule has 0 aliphatic rings. The molecule has 0 aromatic heterocycles. The van der Waals surface area contributed by atoms with E-state index in [1.54, 1.807) is 30.3 Å². The Morgan fingerprint density at radius 3 is 2.43 bits per heavy atom. The van der Waals surface area contributed by atoms with Gasteiger partial charge in [-0.25, -0.2) is 9.18 Å². The number of hydrogen-bond donors (Lipinski definition) is 2. The van der Waals surface area contributed by atoms with E-state index in [2.05, 4.69) is 10.6 Å². The molecule has 0 bridgehead atoms. The molecular formula is C22H22FN3O4. The van der Waals surface area contributed by atoms with Crippen molar-refractivity contribution in [1.82, 2.24) is 10.6 Å². The first-order chi connectivity index (χ1) is 14.3. The number of carbonyl (C=O) groups is 3. The topological polar surface area (TPSA) is 108 Å². The molecule has 2 atom stereocenters. The number of benzene rings is 2. The zero-order valence-corrected chi connectivity index (χ0v) is 16.6. The summed E-state index contributed by atoms with van der Waals surface area (Å²) in [7, 11) is 1.19. The van der Waals surface area contributed by atoms with Gasteiger partial charge in [0.15, 0.2) is 0 Å². The number of rotatable bonds is 8. The molecule has 2 aromatic carbocycles. The lowest BCUT2D eigenvalue weighted by atomic mass is 10.00. The summed E-state index contributed by atoms with van der Waals surface area (Å²) < 4.78 is 18.3. The average molecular weight is 411 g/mol. The quantitative estimate of drug-likeness (QED) is 0.642. The van der Waals surface area contributed by atoms with Crippen LogP contribution in [0.3, 0.4) is 0 Å². The molecule has 7 nitrogen and oxygen atoms in total. The summed E-state index contributed by atoms with van der Waals surface area (Å²) in [5.74, 6) is -2.23. The summed E-state index contributed by atoms with van der Waals surface area (Å²) in [5.41, 5.74) is 1.45. The Kier molecular flexibility index (Phi) is 8.06. The Balaban J connectivity index is 2.22. The zero-order chi connectivity index (χ0) is 22.1. The van der Waals surface area contributed by atoms with Gasteiger partial charge in [-0.3, -0.25) is 9.59 Å². The summed E-state index contributed by atoms with van der Waals surface area (Å²) in [5, 5.41) is 14.3. The molecule has 2 amide bonds. The highest BCUT2D eigenvalue weighted by atomic mass is 19.1. The number of hydrogen-bond acceptors (Lipinski definition) is 5. The lowest BCUT2D eigenvalue weighted by Gasteiger charge is -2.22. The standard InChI is InChI=1S/C22H22FN3O4/c1-14(27)25-19(11-15-6-5-9-18(23)10-15)21(28)26-20(22(29)30-2)12-16-7-3-4-8-17(16)13-24/h3-10,19-20H,11-12H2,1-2H3,(H,25,27)(H,26,28)/t19-,20-/m0/s1. The number of nitriles is 1. The first kappa shape index (κ1) is 22.6. The Labute approximate surface area is 173 Å². The number of methoxy groups -OCH3 is 1. The summed E-state index contributed by atoms with van der Waals surface area (Å²) in [6.07, 6.45) is 0.0702. The lowest BCUT2D eigenvalue weighted by molar-refractivity contribution is -0.145. The van der Waals surface area contributed by atoms with Gasteiger partial charge in [-0.1, -0.05) is 30.3 Å². The number of halogens is 1. The van der Waals surface area contributed by atoms with E-state index in [1.807, 2.05) is 6.07 Å². The van der Waals surface area contributed by atoms with Crippen molar-refractivity contribution in [3.63, 3.8) is 0 Å². The van der Waals surface area contributed by atoms with Crippen LogP contribution in [0.2, 0.25) is 0 Å². The van der Waals surface area contributed by atoms with Gasteiger partial charge in [0, 0.05) is 19.8 Å². The van der Waals surface area contributed by atoms with Gasteiger partial charge in [0.25, 0.3) is 0 Å². The molecule has 0 radical (unpaired) electrons. The van der Waals surface area contributed by atoms with Crippen LogP contribution in [0.5, 0.6) is 0 Å². The predicted molar refractivity (Wildman–Crippen MR) is 107 cm³/mol. The zero-order valence-electron chi connectivity index (χ0n) is 16.6. The second-order valence-electron chi connectivity index (χ2n) is 6.64. The molecule has 2 rings (SSSR count).